The highest BCUT2D eigenvalue weighted by Crippen LogP contribution is 2.22. The van der Waals surface area contributed by atoms with E-state index in [0.29, 0.717) is 106 Å². The minimum absolute atomic E-state index is 0.232. The van der Waals surface area contributed by atoms with Crippen LogP contribution in [0.1, 0.15) is 103 Å². The first kappa shape index (κ1) is 43.3. The Balaban J connectivity index is 1.37. The summed E-state index contributed by atoms with van der Waals surface area (Å²) in [6.07, 6.45) is 5.42. The Kier molecular flexibility index (Phi) is 15.7. The summed E-state index contributed by atoms with van der Waals surface area (Å²) in [5.41, 5.74) is 3.35. The van der Waals surface area contributed by atoms with Gasteiger partial charge >= 0.3 is 0 Å². The van der Waals surface area contributed by atoms with E-state index in [9.17, 15) is 24.6 Å². The zero-order chi connectivity index (χ0) is 40.1. The molecule has 0 aliphatic carbocycles. The van der Waals surface area contributed by atoms with Gasteiger partial charge in [0.2, 0.25) is 0 Å². The first-order valence-electron chi connectivity index (χ1n) is 18.4. The molecule has 55 heavy (non-hydrogen) atoms. The average Bonchev–Trinajstić information content (AvgIpc) is 3.48. The molecule has 0 aromatic carbocycles. The SMILES string of the molecule is CC(C)(O)OCCCNC(=O)c1ccc(CN(Cc2ccc(C(=O)NCCCOC(C)(C)O)cn2)Cc2ccc(C(=O)NCC3COC(C)(C)O3)cn2)nc1. The zero-order valence-corrected chi connectivity index (χ0v) is 32.6. The highest BCUT2D eigenvalue weighted by molar-refractivity contribution is 5.94. The fraction of sp³-hybridized carbons (Fsp3) is 0.538. The predicted molar refractivity (Wildman–Crippen MR) is 201 cm³/mol. The Hall–Kier alpha value is -4.42. The molecule has 1 aliphatic heterocycles. The Bertz CT molecular complexity index is 1590. The van der Waals surface area contributed by atoms with Gasteiger partial charge in [-0.3, -0.25) is 34.2 Å². The van der Waals surface area contributed by atoms with Crippen molar-refractivity contribution in [2.75, 3.05) is 39.5 Å². The van der Waals surface area contributed by atoms with E-state index >= 15 is 0 Å². The third kappa shape index (κ3) is 16.1. The van der Waals surface area contributed by atoms with Crippen molar-refractivity contribution in [3.05, 3.63) is 88.8 Å². The van der Waals surface area contributed by atoms with Crippen LogP contribution in [0.3, 0.4) is 0 Å². The van der Waals surface area contributed by atoms with Gasteiger partial charge in [0.1, 0.15) is 6.10 Å². The van der Waals surface area contributed by atoms with Crippen LogP contribution in [0.2, 0.25) is 0 Å². The molecule has 1 fully saturated rings. The van der Waals surface area contributed by atoms with E-state index in [1.807, 2.05) is 13.8 Å². The third-order valence-corrected chi connectivity index (χ3v) is 8.10. The summed E-state index contributed by atoms with van der Waals surface area (Å²) in [6.45, 7) is 13.1. The van der Waals surface area contributed by atoms with Crippen LogP contribution in [0.25, 0.3) is 0 Å². The molecule has 5 N–H and O–H groups in total. The maximum atomic E-state index is 12.8. The summed E-state index contributed by atoms with van der Waals surface area (Å²) in [4.78, 5) is 53.9. The molecule has 16 nitrogen and oxygen atoms in total. The first-order chi connectivity index (χ1) is 25.9. The molecule has 3 aromatic heterocycles. The van der Waals surface area contributed by atoms with Gasteiger partial charge in [0, 0.05) is 57.9 Å². The predicted octanol–water partition coefficient (Wildman–Crippen LogP) is 2.69. The summed E-state index contributed by atoms with van der Waals surface area (Å²) in [7, 11) is 0. The molecule has 300 valence electrons. The van der Waals surface area contributed by atoms with Crippen LogP contribution in [-0.2, 0) is 38.6 Å². The van der Waals surface area contributed by atoms with Crippen LogP contribution in [0.5, 0.6) is 0 Å². The second kappa shape index (κ2) is 20.0. The van der Waals surface area contributed by atoms with Crippen molar-refractivity contribution in [3.8, 4) is 0 Å². The second-order valence-corrected chi connectivity index (χ2v) is 14.7. The molecule has 0 radical (unpaired) electrons. The highest BCUT2D eigenvalue weighted by atomic mass is 16.7. The number of ether oxygens (including phenoxy) is 4. The summed E-state index contributed by atoms with van der Waals surface area (Å²) < 4.78 is 21.9. The Morgan fingerprint density at radius 1 is 0.727 bits per heavy atom. The minimum atomic E-state index is -1.22. The van der Waals surface area contributed by atoms with Crippen LogP contribution in [0.15, 0.2) is 55.0 Å². The molecule has 0 spiro atoms. The number of amides is 3. The number of rotatable bonds is 21. The molecular formula is C39H55N7O9. The van der Waals surface area contributed by atoms with Gasteiger partial charge in [-0.2, -0.15) is 0 Å². The molecular weight excluding hydrogens is 710 g/mol. The van der Waals surface area contributed by atoms with Gasteiger partial charge in [0.25, 0.3) is 17.7 Å². The molecule has 1 atom stereocenters. The maximum Gasteiger partial charge on any atom is 0.252 e. The van der Waals surface area contributed by atoms with Crippen LogP contribution in [-0.4, -0.2) is 111 Å². The lowest BCUT2D eigenvalue weighted by atomic mass is 10.2. The van der Waals surface area contributed by atoms with Crippen molar-refractivity contribution in [2.45, 2.75) is 97.5 Å². The molecule has 1 aliphatic rings. The number of aromatic nitrogens is 3. The summed E-state index contributed by atoms with van der Waals surface area (Å²) >= 11 is 0. The first-order valence-corrected chi connectivity index (χ1v) is 18.4. The van der Waals surface area contributed by atoms with E-state index in [0.717, 1.165) is 0 Å². The van der Waals surface area contributed by atoms with Crippen molar-refractivity contribution < 1.29 is 43.5 Å². The number of pyridine rings is 3. The largest absolute Gasteiger partial charge is 0.366 e. The monoisotopic (exact) mass is 765 g/mol. The van der Waals surface area contributed by atoms with Crippen LogP contribution in [0.4, 0.5) is 0 Å². The minimum Gasteiger partial charge on any atom is -0.366 e. The second-order valence-electron chi connectivity index (χ2n) is 14.7. The molecule has 3 amide bonds. The van der Waals surface area contributed by atoms with Gasteiger partial charge < -0.3 is 45.1 Å². The number of carbonyl (C=O) groups excluding carboxylic acids is 3. The van der Waals surface area contributed by atoms with E-state index in [2.05, 4.69) is 35.8 Å². The van der Waals surface area contributed by atoms with E-state index in [4.69, 9.17) is 18.9 Å². The normalized spacial score (nSPS) is 15.5. The van der Waals surface area contributed by atoms with E-state index < -0.39 is 17.4 Å². The van der Waals surface area contributed by atoms with E-state index in [1.54, 1.807) is 64.1 Å². The van der Waals surface area contributed by atoms with Gasteiger partial charge in [-0.25, -0.2) is 0 Å². The van der Waals surface area contributed by atoms with Gasteiger partial charge in [0.15, 0.2) is 17.4 Å². The number of carbonyl (C=O) groups is 3. The molecule has 1 unspecified atom stereocenters. The van der Waals surface area contributed by atoms with E-state index in [1.165, 1.54) is 18.6 Å². The van der Waals surface area contributed by atoms with Crippen LogP contribution < -0.4 is 16.0 Å². The van der Waals surface area contributed by atoms with Gasteiger partial charge in [0.05, 0.1) is 53.6 Å². The number of hydrogen-bond donors (Lipinski definition) is 5. The Morgan fingerprint density at radius 3 is 1.45 bits per heavy atom. The summed E-state index contributed by atoms with van der Waals surface area (Å²) in [6, 6.07) is 10.5. The Labute approximate surface area is 322 Å². The third-order valence-electron chi connectivity index (χ3n) is 8.10. The van der Waals surface area contributed by atoms with Crippen molar-refractivity contribution >= 4 is 17.7 Å². The lowest BCUT2D eigenvalue weighted by molar-refractivity contribution is -0.176. The number of nitrogens with one attached hydrogen (secondary N) is 3. The number of aliphatic hydroxyl groups is 2. The molecule has 1 saturated heterocycles. The summed E-state index contributed by atoms with van der Waals surface area (Å²) in [5, 5.41) is 27.9. The van der Waals surface area contributed by atoms with Crippen LogP contribution in [0, 0.1) is 0 Å². The molecule has 4 rings (SSSR count). The standard InChI is InChI=1S/C39H55N7O9/c1-37(2,50)52-17-7-15-40-34(47)27-9-12-30(42-19-27)23-46(24-31-13-10-28(20-43-31)35(48)41-16-8-18-53-38(3,4)51)25-32-14-11-29(21-44-32)36(49)45-22-33-26-54-39(5,6)55-33/h9-14,19-21,33,50-51H,7-8,15-18,22-26H2,1-6H3,(H,40,47)(H,41,48)(H,45,49). The average molecular weight is 766 g/mol. The van der Waals surface area contributed by atoms with Crippen molar-refractivity contribution in [2.24, 2.45) is 0 Å². The topological polar surface area (TPSA) is 207 Å². The quantitative estimate of drug-likeness (QED) is 0.0783. The van der Waals surface area contributed by atoms with Crippen molar-refractivity contribution in [1.29, 1.82) is 0 Å². The smallest absolute Gasteiger partial charge is 0.252 e. The number of nitrogens with zero attached hydrogens (tertiary/aromatic N) is 4. The molecule has 3 aromatic rings. The highest BCUT2D eigenvalue weighted by Gasteiger charge is 2.32. The molecule has 0 saturated carbocycles. The molecule has 4 heterocycles. The molecule has 0 bridgehead atoms. The van der Waals surface area contributed by atoms with E-state index in [-0.39, 0.29) is 23.8 Å². The lowest BCUT2D eigenvalue weighted by Crippen LogP contribution is -2.34. The van der Waals surface area contributed by atoms with Crippen LogP contribution >= 0.6 is 0 Å². The van der Waals surface area contributed by atoms with Crippen molar-refractivity contribution in [3.63, 3.8) is 0 Å². The van der Waals surface area contributed by atoms with Gasteiger partial charge in [-0.15, -0.1) is 0 Å². The fourth-order valence-electron chi connectivity index (χ4n) is 5.38. The molecule has 16 heteroatoms. The van der Waals surface area contributed by atoms with Crippen molar-refractivity contribution in [1.82, 2.24) is 35.8 Å². The summed E-state index contributed by atoms with van der Waals surface area (Å²) in [5.74, 6) is -3.92. The maximum absolute atomic E-state index is 12.8. The van der Waals surface area contributed by atoms with Gasteiger partial charge in [-0.05, 0) is 90.8 Å². The number of hydrogen-bond acceptors (Lipinski definition) is 13. The van der Waals surface area contributed by atoms with Gasteiger partial charge in [-0.1, -0.05) is 0 Å². The fourth-order valence-corrected chi connectivity index (χ4v) is 5.38. The zero-order valence-electron chi connectivity index (χ0n) is 32.6. The Morgan fingerprint density at radius 2 is 1.13 bits per heavy atom. The lowest BCUT2D eigenvalue weighted by Gasteiger charge is -2.22.